The third-order valence-corrected chi connectivity index (χ3v) is 2.87. The van der Waals surface area contributed by atoms with Crippen molar-refractivity contribution >= 4 is 32.7 Å². The summed E-state index contributed by atoms with van der Waals surface area (Å²) in [4.78, 5) is 11.1. The molecule has 72 valence electrons. The van der Waals surface area contributed by atoms with Crippen LogP contribution < -0.4 is 0 Å². The van der Waals surface area contributed by atoms with E-state index in [1.54, 1.807) is 6.07 Å². The molecule has 0 unspecified atom stereocenters. The number of furan rings is 1. The Balaban J connectivity index is 2.82. The van der Waals surface area contributed by atoms with E-state index in [0.29, 0.717) is 5.76 Å². The molecule has 0 saturated heterocycles. The Kier molecular flexibility index (Phi) is 2.19. The normalized spacial score (nSPS) is 10.8. The maximum absolute atomic E-state index is 11.1. The second kappa shape index (κ2) is 3.24. The van der Waals surface area contributed by atoms with Crippen LogP contribution >= 0.6 is 15.9 Å². The number of hydrogen-bond donors (Lipinski definition) is 0. The van der Waals surface area contributed by atoms with E-state index in [1.165, 1.54) is 6.92 Å². The first-order chi connectivity index (χ1) is 6.59. The van der Waals surface area contributed by atoms with Crippen molar-refractivity contribution in [3.63, 3.8) is 0 Å². The monoisotopic (exact) mass is 252 g/mol. The lowest BCUT2D eigenvalue weighted by molar-refractivity contribution is 0.0989. The van der Waals surface area contributed by atoms with Gasteiger partial charge in [-0.2, -0.15) is 0 Å². The van der Waals surface area contributed by atoms with E-state index < -0.39 is 0 Å². The van der Waals surface area contributed by atoms with Crippen LogP contribution in [0, 0.1) is 6.92 Å². The number of halogens is 1. The van der Waals surface area contributed by atoms with Crippen molar-refractivity contribution in [3.05, 3.63) is 34.0 Å². The molecule has 0 aliphatic carbocycles. The van der Waals surface area contributed by atoms with Crippen molar-refractivity contribution in [2.75, 3.05) is 0 Å². The Morgan fingerprint density at radius 2 is 2.14 bits per heavy atom. The minimum absolute atomic E-state index is 0.0486. The Bertz CT molecular complexity index is 472. The molecule has 1 aromatic carbocycles. The van der Waals surface area contributed by atoms with Crippen LogP contribution in [0.25, 0.3) is 11.0 Å². The fraction of sp³-hybridized carbons (Fsp3) is 0.182. The van der Waals surface area contributed by atoms with Crippen molar-refractivity contribution in [2.24, 2.45) is 0 Å². The summed E-state index contributed by atoms with van der Waals surface area (Å²) < 4.78 is 6.41. The second-order valence-corrected chi connectivity index (χ2v) is 4.13. The smallest absolute Gasteiger partial charge is 0.194 e. The third-order valence-electron chi connectivity index (χ3n) is 2.17. The van der Waals surface area contributed by atoms with Gasteiger partial charge < -0.3 is 4.42 Å². The lowest BCUT2D eigenvalue weighted by atomic mass is 10.2. The van der Waals surface area contributed by atoms with Gasteiger partial charge in [0, 0.05) is 16.8 Å². The summed E-state index contributed by atoms with van der Waals surface area (Å²) in [6, 6.07) is 5.69. The number of ketones is 1. The molecular weight excluding hydrogens is 244 g/mol. The molecule has 0 bridgehead atoms. The Hall–Kier alpha value is -1.09. The number of carbonyl (C=O) groups excluding carboxylic acids is 1. The first-order valence-corrected chi connectivity index (χ1v) is 5.08. The molecule has 3 heteroatoms. The van der Waals surface area contributed by atoms with Crippen molar-refractivity contribution in [3.8, 4) is 0 Å². The van der Waals surface area contributed by atoms with Gasteiger partial charge in [0.2, 0.25) is 0 Å². The minimum Gasteiger partial charge on any atom is -0.453 e. The molecule has 0 N–H and O–H groups in total. The second-order valence-electron chi connectivity index (χ2n) is 3.27. The number of carbonyl (C=O) groups is 1. The summed E-state index contributed by atoms with van der Waals surface area (Å²) in [6.45, 7) is 3.46. The van der Waals surface area contributed by atoms with E-state index in [0.717, 1.165) is 21.0 Å². The zero-order valence-corrected chi connectivity index (χ0v) is 9.51. The van der Waals surface area contributed by atoms with Gasteiger partial charge >= 0.3 is 0 Å². The van der Waals surface area contributed by atoms with Gasteiger partial charge in [-0.1, -0.05) is 22.0 Å². The van der Waals surface area contributed by atoms with E-state index in [2.05, 4.69) is 15.9 Å². The highest BCUT2D eigenvalue weighted by molar-refractivity contribution is 9.10. The summed E-state index contributed by atoms with van der Waals surface area (Å²) in [5.41, 5.74) is 1.82. The molecule has 0 atom stereocenters. The van der Waals surface area contributed by atoms with Gasteiger partial charge in [0.1, 0.15) is 5.58 Å². The topological polar surface area (TPSA) is 30.2 Å². The van der Waals surface area contributed by atoms with Crippen LogP contribution in [0.4, 0.5) is 0 Å². The zero-order valence-electron chi connectivity index (χ0n) is 7.93. The zero-order chi connectivity index (χ0) is 10.3. The van der Waals surface area contributed by atoms with Gasteiger partial charge in [-0.3, -0.25) is 4.79 Å². The van der Waals surface area contributed by atoms with Gasteiger partial charge in [0.15, 0.2) is 11.5 Å². The number of rotatable bonds is 1. The number of hydrogen-bond acceptors (Lipinski definition) is 2. The highest BCUT2D eigenvalue weighted by atomic mass is 79.9. The van der Waals surface area contributed by atoms with Crippen LogP contribution in [0.5, 0.6) is 0 Å². The molecule has 2 rings (SSSR count). The van der Waals surface area contributed by atoms with Crippen LogP contribution in [0.2, 0.25) is 0 Å². The van der Waals surface area contributed by atoms with E-state index in [1.807, 2.05) is 19.1 Å². The van der Waals surface area contributed by atoms with Crippen LogP contribution in [0.3, 0.4) is 0 Å². The first kappa shape index (κ1) is 9.46. The molecule has 14 heavy (non-hydrogen) atoms. The minimum atomic E-state index is -0.0486. The molecular formula is C11H9BrO2. The van der Waals surface area contributed by atoms with Gasteiger partial charge in [-0.25, -0.2) is 0 Å². The van der Waals surface area contributed by atoms with E-state index >= 15 is 0 Å². The highest BCUT2D eigenvalue weighted by Gasteiger charge is 2.11. The summed E-state index contributed by atoms with van der Waals surface area (Å²) in [5, 5.41) is 0.954. The van der Waals surface area contributed by atoms with E-state index in [9.17, 15) is 4.79 Å². The maximum atomic E-state index is 11.1. The SMILES string of the molecule is CC(=O)c1cc2c(Br)ccc(C)c2o1. The third kappa shape index (κ3) is 1.38. The molecule has 1 aromatic heterocycles. The average molecular weight is 253 g/mol. The van der Waals surface area contributed by atoms with Crippen molar-refractivity contribution in [1.29, 1.82) is 0 Å². The van der Waals surface area contributed by atoms with E-state index in [-0.39, 0.29) is 5.78 Å². The lowest BCUT2D eigenvalue weighted by Gasteiger charge is -1.95. The molecule has 0 amide bonds. The van der Waals surface area contributed by atoms with Crippen molar-refractivity contribution in [1.82, 2.24) is 0 Å². The molecule has 0 spiro atoms. The molecule has 1 heterocycles. The highest BCUT2D eigenvalue weighted by Crippen LogP contribution is 2.29. The lowest BCUT2D eigenvalue weighted by Crippen LogP contribution is -1.85. The molecule has 0 aliphatic rings. The van der Waals surface area contributed by atoms with Crippen LogP contribution in [0.15, 0.2) is 27.1 Å². The number of fused-ring (bicyclic) bond motifs is 1. The Labute approximate surface area is 90.0 Å². The summed E-state index contributed by atoms with van der Waals surface area (Å²) >= 11 is 3.42. The van der Waals surface area contributed by atoms with Crippen molar-refractivity contribution < 1.29 is 9.21 Å². The summed E-state index contributed by atoms with van der Waals surface area (Å²) in [7, 11) is 0. The fourth-order valence-electron chi connectivity index (χ4n) is 1.40. The van der Waals surface area contributed by atoms with Gasteiger partial charge in [-0.15, -0.1) is 0 Å². The van der Waals surface area contributed by atoms with Gasteiger partial charge in [0.05, 0.1) is 0 Å². The van der Waals surface area contributed by atoms with Gasteiger partial charge in [0.25, 0.3) is 0 Å². The molecule has 0 saturated carbocycles. The number of benzene rings is 1. The summed E-state index contributed by atoms with van der Waals surface area (Å²) in [6.07, 6.45) is 0. The first-order valence-electron chi connectivity index (χ1n) is 4.29. The predicted molar refractivity (Wildman–Crippen MR) is 58.7 cm³/mol. The molecule has 0 radical (unpaired) electrons. The summed E-state index contributed by atoms with van der Waals surface area (Å²) in [5.74, 6) is 0.363. The fourth-order valence-corrected chi connectivity index (χ4v) is 1.83. The molecule has 2 nitrogen and oxygen atoms in total. The Morgan fingerprint density at radius 3 is 2.71 bits per heavy atom. The number of Topliss-reactive ketones (excluding diaryl/α,β-unsaturated/α-hetero) is 1. The predicted octanol–water partition coefficient (Wildman–Crippen LogP) is 3.71. The van der Waals surface area contributed by atoms with Crippen LogP contribution in [0.1, 0.15) is 23.0 Å². The van der Waals surface area contributed by atoms with E-state index in [4.69, 9.17) is 4.42 Å². The van der Waals surface area contributed by atoms with Gasteiger partial charge in [-0.05, 0) is 24.6 Å². The average Bonchev–Trinajstić information content (AvgIpc) is 2.57. The molecule has 0 fully saturated rings. The van der Waals surface area contributed by atoms with Crippen molar-refractivity contribution in [2.45, 2.75) is 13.8 Å². The van der Waals surface area contributed by atoms with Crippen LogP contribution in [-0.4, -0.2) is 5.78 Å². The Morgan fingerprint density at radius 1 is 1.43 bits per heavy atom. The quantitative estimate of drug-likeness (QED) is 0.725. The maximum Gasteiger partial charge on any atom is 0.194 e. The molecule has 2 aromatic rings. The standard InChI is InChI=1S/C11H9BrO2/c1-6-3-4-9(12)8-5-10(7(2)13)14-11(6)8/h3-5H,1-2H3. The number of aryl methyl sites for hydroxylation is 1. The molecule has 0 aliphatic heterocycles. The largest absolute Gasteiger partial charge is 0.453 e. The van der Waals surface area contributed by atoms with Crippen LogP contribution in [-0.2, 0) is 0 Å².